The molecule has 0 aliphatic heterocycles. The number of thioether (sulfide) groups is 1. The summed E-state index contributed by atoms with van der Waals surface area (Å²) in [4.78, 5) is 12.8. The van der Waals surface area contributed by atoms with Gasteiger partial charge in [-0.1, -0.05) is 25.1 Å². The van der Waals surface area contributed by atoms with E-state index >= 15 is 0 Å². The smallest absolute Gasteiger partial charge is 0.224 e. The largest absolute Gasteiger partial charge is 0.355 e. The summed E-state index contributed by atoms with van der Waals surface area (Å²) in [7, 11) is 1.86. The molecular weight excluding hydrogens is 268 g/mol. The number of carbonyl (C=O) groups excluding carboxylic acids is 1. The van der Waals surface area contributed by atoms with Crippen molar-refractivity contribution in [3.63, 3.8) is 0 Å². The van der Waals surface area contributed by atoms with Gasteiger partial charge in [-0.3, -0.25) is 4.79 Å². The van der Waals surface area contributed by atoms with Crippen molar-refractivity contribution in [3.05, 3.63) is 30.3 Å². The number of hydrogen-bond donors (Lipinski definition) is 2. The Labute approximate surface area is 120 Å². The monoisotopic (exact) mass is 288 g/mol. The van der Waals surface area contributed by atoms with Crippen LogP contribution in [0.3, 0.4) is 0 Å². The van der Waals surface area contributed by atoms with Gasteiger partial charge in [0.1, 0.15) is 0 Å². The Balaban J connectivity index is 0.00000289. The molecule has 18 heavy (non-hydrogen) atoms. The lowest BCUT2D eigenvalue weighted by molar-refractivity contribution is -0.124. The molecule has 1 aromatic rings. The third-order valence-corrected chi connectivity index (χ3v) is 3.38. The van der Waals surface area contributed by atoms with Crippen LogP contribution in [-0.4, -0.2) is 31.8 Å². The highest BCUT2D eigenvalue weighted by molar-refractivity contribution is 7.99. The average molecular weight is 289 g/mol. The molecule has 0 bridgehead atoms. The van der Waals surface area contributed by atoms with Crippen molar-refractivity contribution in [1.29, 1.82) is 0 Å². The van der Waals surface area contributed by atoms with Crippen LogP contribution < -0.4 is 10.6 Å². The third kappa shape index (κ3) is 6.89. The van der Waals surface area contributed by atoms with Gasteiger partial charge in [-0.15, -0.1) is 24.2 Å². The number of halogens is 1. The molecule has 1 unspecified atom stereocenters. The molecule has 0 heterocycles. The molecule has 0 aliphatic carbocycles. The van der Waals surface area contributed by atoms with Crippen molar-refractivity contribution in [2.45, 2.75) is 11.8 Å². The minimum absolute atomic E-state index is 0. The lowest BCUT2D eigenvalue weighted by atomic mass is 10.1. The lowest BCUT2D eigenvalue weighted by Crippen LogP contribution is -2.35. The first-order valence-electron chi connectivity index (χ1n) is 5.84. The van der Waals surface area contributed by atoms with E-state index in [0.29, 0.717) is 6.54 Å². The Hall–Kier alpha value is -0.710. The highest BCUT2D eigenvalue weighted by atomic mass is 35.5. The quantitative estimate of drug-likeness (QED) is 0.597. The SMILES string of the molecule is CNCC(C)C(=O)NCCSc1ccccc1.Cl. The number of hydrogen-bond acceptors (Lipinski definition) is 3. The van der Waals surface area contributed by atoms with E-state index in [1.165, 1.54) is 4.90 Å². The van der Waals surface area contributed by atoms with E-state index in [9.17, 15) is 4.79 Å². The van der Waals surface area contributed by atoms with E-state index in [1.54, 1.807) is 11.8 Å². The summed E-state index contributed by atoms with van der Waals surface area (Å²) in [5.41, 5.74) is 0. The molecule has 1 atom stereocenters. The van der Waals surface area contributed by atoms with Crippen LogP contribution in [0.5, 0.6) is 0 Å². The molecule has 1 amide bonds. The van der Waals surface area contributed by atoms with Crippen LogP contribution in [0.25, 0.3) is 0 Å². The molecule has 0 aliphatic rings. The summed E-state index contributed by atoms with van der Waals surface area (Å²) >= 11 is 1.76. The maximum Gasteiger partial charge on any atom is 0.224 e. The highest BCUT2D eigenvalue weighted by Gasteiger charge is 2.10. The van der Waals surface area contributed by atoms with E-state index in [4.69, 9.17) is 0 Å². The summed E-state index contributed by atoms with van der Waals surface area (Å²) in [6, 6.07) is 10.2. The van der Waals surface area contributed by atoms with Crippen molar-refractivity contribution in [2.24, 2.45) is 5.92 Å². The number of amides is 1. The van der Waals surface area contributed by atoms with Gasteiger partial charge in [0, 0.05) is 29.7 Å². The number of benzene rings is 1. The minimum Gasteiger partial charge on any atom is -0.355 e. The molecule has 2 N–H and O–H groups in total. The summed E-state index contributed by atoms with van der Waals surface area (Å²) in [5, 5.41) is 5.94. The van der Waals surface area contributed by atoms with Gasteiger partial charge in [-0.2, -0.15) is 0 Å². The fourth-order valence-corrected chi connectivity index (χ4v) is 2.22. The topological polar surface area (TPSA) is 41.1 Å². The number of rotatable bonds is 7. The van der Waals surface area contributed by atoms with Crippen LogP contribution in [0.1, 0.15) is 6.92 Å². The zero-order valence-corrected chi connectivity index (χ0v) is 12.4. The second-order valence-corrected chi connectivity index (χ2v) is 5.08. The Kier molecular flexibility index (Phi) is 9.83. The number of nitrogens with one attached hydrogen (secondary N) is 2. The maximum absolute atomic E-state index is 11.6. The normalized spacial score (nSPS) is 11.4. The molecule has 0 aromatic heterocycles. The Morgan fingerprint density at radius 3 is 2.61 bits per heavy atom. The molecule has 1 rings (SSSR count). The summed E-state index contributed by atoms with van der Waals surface area (Å²) < 4.78 is 0. The molecule has 0 saturated heterocycles. The molecule has 3 nitrogen and oxygen atoms in total. The predicted octanol–water partition coefficient (Wildman–Crippen LogP) is 2.17. The fourth-order valence-electron chi connectivity index (χ4n) is 1.43. The highest BCUT2D eigenvalue weighted by Crippen LogP contribution is 2.15. The van der Waals surface area contributed by atoms with Crippen molar-refractivity contribution in [1.82, 2.24) is 10.6 Å². The Morgan fingerprint density at radius 2 is 2.00 bits per heavy atom. The molecular formula is C13H21ClN2OS. The molecule has 1 aromatic carbocycles. The summed E-state index contributed by atoms with van der Waals surface area (Å²) in [6.07, 6.45) is 0. The molecule has 0 spiro atoms. The van der Waals surface area contributed by atoms with Crippen molar-refractivity contribution >= 4 is 30.1 Å². The van der Waals surface area contributed by atoms with E-state index < -0.39 is 0 Å². The van der Waals surface area contributed by atoms with Gasteiger partial charge in [0.15, 0.2) is 0 Å². The molecule has 0 fully saturated rings. The first-order chi connectivity index (χ1) is 8.24. The van der Waals surface area contributed by atoms with Crippen LogP contribution in [0, 0.1) is 5.92 Å². The van der Waals surface area contributed by atoms with E-state index in [-0.39, 0.29) is 24.2 Å². The van der Waals surface area contributed by atoms with Gasteiger partial charge in [0.2, 0.25) is 5.91 Å². The average Bonchev–Trinajstić information content (AvgIpc) is 2.36. The summed E-state index contributed by atoms with van der Waals surface area (Å²) in [6.45, 7) is 3.36. The molecule has 102 valence electrons. The van der Waals surface area contributed by atoms with Gasteiger partial charge in [-0.25, -0.2) is 0 Å². The van der Waals surface area contributed by atoms with Crippen LogP contribution in [0.15, 0.2) is 35.2 Å². The second kappa shape index (κ2) is 10.2. The summed E-state index contributed by atoms with van der Waals surface area (Å²) in [5.74, 6) is 1.05. The van der Waals surface area contributed by atoms with Crippen LogP contribution in [0.2, 0.25) is 0 Å². The second-order valence-electron chi connectivity index (χ2n) is 3.91. The Morgan fingerprint density at radius 1 is 1.33 bits per heavy atom. The molecule has 0 saturated carbocycles. The van der Waals surface area contributed by atoms with Gasteiger partial charge in [0.25, 0.3) is 0 Å². The first-order valence-corrected chi connectivity index (χ1v) is 6.82. The third-order valence-electron chi connectivity index (χ3n) is 2.37. The fraction of sp³-hybridized carbons (Fsp3) is 0.462. The zero-order chi connectivity index (χ0) is 12.5. The predicted molar refractivity (Wildman–Crippen MR) is 80.5 cm³/mol. The molecule has 5 heteroatoms. The molecule has 0 radical (unpaired) electrons. The van der Waals surface area contributed by atoms with Crippen molar-refractivity contribution in [3.8, 4) is 0 Å². The zero-order valence-electron chi connectivity index (χ0n) is 10.8. The van der Waals surface area contributed by atoms with E-state index in [0.717, 1.165) is 12.3 Å². The van der Waals surface area contributed by atoms with Gasteiger partial charge in [-0.05, 0) is 19.2 Å². The van der Waals surface area contributed by atoms with Gasteiger partial charge in [0.05, 0.1) is 0 Å². The standard InChI is InChI=1S/C13H20N2OS.ClH/c1-11(10-14-2)13(16)15-8-9-17-12-6-4-3-5-7-12;/h3-7,11,14H,8-10H2,1-2H3,(H,15,16);1H. The van der Waals surface area contributed by atoms with E-state index in [2.05, 4.69) is 22.8 Å². The van der Waals surface area contributed by atoms with Crippen LogP contribution >= 0.6 is 24.2 Å². The van der Waals surface area contributed by atoms with Crippen LogP contribution in [0.4, 0.5) is 0 Å². The van der Waals surface area contributed by atoms with Crippen molar-refractivity contribution in [2.75, 3.05) is 25.9 Å². The minimum atomic E-state index is 0. The van der Waals surface area contributed by atoms with Crippen LogP contribution in [-0.2, 0) is 4.79 Å². The van der Waals surface area contributed by atoms with E-state index in [1.807, 2.05) is 32.2 Å². The van der Waals surface area contributed by atoms with Gasteiger partial charge < -0.3 is 10.6 Å². The van der Waals surface area contributed by atoms with Gasteiger partial charge >= 0.3 is 0 Å². The maximum atomic E-state index is 11.6. The first kappa shape index (κ1) is 17.3. The van der Waals surface area contributed by atoms with Crippen molar-refractivity contribution < 1.29 is 4.79 Å². The number of carbonyl (C=O) groups is 1. The lowest BCUT2D eigenvalue weighted by Gasteiger charge is -2.11. The Bertz CT molecular complexity index is 335.